The molecule has 0 aromatic heterocycles. The van der Waals surface area contributed by atoms with Gasteiger partial charge < -0.3 is 5.11 Å². The van der Waals surface area contributed by atoms with Crippen LogP contribution in [0.4, 0.5) is 0 Å². The number of hydrogen-bond acceptors (Lipinski definition) is 3. The van der Waals surface area contributed by atoms with Gasteiger partial charge in [0.05, 0.1) is 12.6 Å². The molecule has 0 fully saturated rings. The van der Waals surface area contributed by atoms with Gasteiger partial charge in [-0.25, -0.2) is 5.43 Å². The number of phenols is 1. The van der Waals surface area contributed by atoms with Crippen LogP contribution in [-0.4, -0.2) is 17.2 Å². The Kier molecular flexibility index (Phi) is 4.91. The molecule has 0 unspecified atom stereocenters. The molecule has 0 aliphatic carbocycles. The van der Waals surface area contributed by atoms with E-state index in [-0.39, 0.29) is 18.1 Å². The summed E-state index contributed by atoms with van der Waals surface area (Å²) in [6.07, 6.45) is 1.74. The molecule has 0 saturated carbocycles. The van der Waals surface area contributed by atoms with Gasteiger partial charge in [0.1, 0.15) is 5.75 Å². The van der Waals surface area contributed by atoms with Crippen molar-refractivity contribution in [3.8, 4) is 5.75 Å². The molecule has 24 heavy (non-hydrogen) atoms. The van der Waals surface area contributed by atoms with Gasteiger partial charge >= 0.3 is 0 Å². The number of carbonyl (C=O) groups is 1. The highest BCUT2D eigenvalue weighted by molar-refractivity contribution is 9.10. The number of carbonyl (C=O) groups excluding carboxylic acids is 1. The van der Waals surface area contributed by atoms with E-state index < -0.39 is 0 Å². The zero-order chi connectivity index (χ0) is 16.9. The van der Waals surface area contributed by atoms with Crippen molar-refractivity contribution in [1.29, 1.82) is 0 Å². The predicted molar refractivity (Wildman–Crippen MR) is 99.2 cm³/mol. The van der Waals surface area contributed by atoms with E-state index in [0.717, 1.165) is 20.8 Å². The van der Waals surface area contributed by atoms with Gasteiger partial charge in [-0.05, 0) is 40.1 Å². The zero-order valence-corrected chi connectivity index (χ0v) is 14.3. The van der Waals surface area contributed by atoms with Crippen LogP contribution in [0.25, 0.3) is 10.8 Å². The fraction of sp³-hybridized carbons (Fsp3) is 0.0526. The number of aromatic hydroxyl groups is 1. The van der Waals surface area contributed by atoms with Gasteiger partial charge in [-0.15, -0.1) is 0 Å². The lowest BCUT2D eigenvalue weighted by Gasteiger charge is -2.07. The first-order chi connectivity index (χ1) is 11.6. The second kappa shape index (κ2) is 7.27. The van der Waals surface area contributed by atoms with E-state index in [0.29, 0.717) is 5.56 Å². The fourth-order valence-corrected chi connectivity index (χ4v) is 2.95. The number of hydrazone groups is 1. The molecule has 3 rings (SSSR count). The van der Waals surface area contributed by atoms with E-state index in [1.165, 1.54) is 6.21 Å². The van der Waals surface area contributed by atoms with Crippen LogP contribution in [0.15, 0.2) is 70.2 Å². The third kappa shape index (κ3) is 3.81. The lowest BCUT2D eigenvalue weighted by Crippen LogP contribution is -2.19. The molecule has 5 heteroatoms. The molecule has 120 valence electrons. The number of rotatable bonds is 4. The summed E-state index contributed by atoms with van der Waals surface area (Å²) in [7, 11) is 0. The average molecular weight is 383 g/mol. The molecule has 0 aliphatic rings. The Morgan fingerprint density at radius 1 is 1.08 bits per heavy atom. The van der Waals surface area contributed by atoms with Gasteiger partial charge in [-0.1, -0.05) is 58.4 Å². The van der Waals surface area contributed by atoms with Gasteiger partial charge in [-0.2, -0.15) is 5.10 Å². The maximum atomic E-state index is 12.1. The molecule has 4 nitrogen and oxygen atoms in total. The smallest absolute Gasteiger partial charge is 0.244 e. The monoisotopic (exact) mass is 382 g/mol. The second-order valence-electron chi connectivity index (χ2n) is 5.32. The Morgan fingerprint density at radius 2 is 1.88 bits per heavy atom. The molecule has 0 atom stereocenters. The molecule has 0 heterocycles. The minimum atomic E-state index is -0.195. The average Bonchev–Trinajstić information content (AvgIpc) is 2.58. The van der Waals surface area contributed by atoms with Crippen LogP contribution in [0.3, 0.4) is 0 Å². The Balaban J connectivity index is 1.70. The van der Waals surface area contributed by atoms with E-state index in [4.69, 9.17) is 0 Å². The second-order valence-corrected chi connectivity index (χ2v) is 6.17. The number of phenolic OH excluding ortho intramolecular Hbond substituents is 1. The third-order valence-electron chi connectivity index (χ3n) is 3.59. The van der Waals surface area contributed by atoms with E-state index >= 15 is 0 Å². The minimum absolute atomic E-state index is 0.159. The molecule has 0 radical (unpaired) electrons. The van der Waals surface area contributed by atoms with Crippen molar-refractivity contribution >= 4 is 38.8 Å². The number of hydrogen-bond donors (Lipinski definition) is 2. The zero-order valence-electron chi connectivity index (χ0n) is 12.7. The summed E-state index contributed by atoms with van der Waals surface area (Å²) in [6.45, 7) is 0. The molecule has 3 aromatic carbocycles. The maximum absolute atomic E-state index is 12.1. The lowest BCUT2D eigenvalue weighted by atomic mass is 10.0. The van der Waals surface area contributed by atoms with Gasteiger partial charge in [0.2, 0.25) is 5.91 Å². The molecule has 0 aliphatic heterocycles. The highest BCUT2D eigenvalue weighted by Gasteiger charge is 2.08. The fourth-order valence-electron chi connectivity index (χ4n) is 2.48. The van der Waals surface area contributed by atoms with Gasteiger partial charge in [0.25, 0.3) is 0 Å². The Bertz CT molecular complexity index is 922. The van der Waals surface area contributed by atoms with Crippen LogP contribution in [0.1, 0.15) is 11.1 Å². The van der Waals surface area contributed by atoms with Crippen molar-refractivity contribution in [3.63, 3.8) is 0 Å². The molecule has 0 spiro atoms. The number of halogens is 1. The number of amides is 1. The maximum Gasteiger partial charge on any atom is 0.244 e. The van der Waals surface area contributed by atoms with E-state index in [9.17, 15) is 9.90 Å². The molecule has 0 bridgehead atoms. The van der Waals surface area contributed by atoms with Crippen molar-refractivity contribution in [3.05, 3.63) is 76.3 Å². The summed E-state index contributed by atoms with van der Waals surface area (Å²) in [5.41, 5.74) is 4.17. The topological polar surface area (TPSA) is 61.7 Å². The van der Waals surface area contributed by atoms with Crippen LogP contribution in [-0.2, 0) is 11.2 Å². The lowest BCUT2D eigenvalue weighted by molar-refractivity contribution is -0.120. The van der Waals surface area contributed by atoms with Crippen LogP contribution in [0.5, 0.6) is 5.75 Å². The van der Waals surface area contributed by atoms with Gasteiger partial charge in [-0.3, -0.25) is 4.79 Å². The number of nitrogens with zero attached hydrogens (tertiary/aromatic N) is 1. The first-order valence-corrected chi connectivity index (χ1v) is 8.20. The van der Waals surface area contributed by atoms with E-state index in [2.05, 4.69) is 26.5 Å². The predicted octanol–water partition coefficient (Wildman–Crippen LogP) is 4.00. The number of fused-ring (bicyclic) bond motifs is 1. The van der Waals surface area contributed by atoms with Crippen LogP contribution in [0.2, 0.25) is 0 Å². The number of nitrogens with one attached hydrogen (secondary N) is 1. The highest BCUT2D eigenvalue weighted by Crippen LogP contribution is 2.27. The molecule has 3 aromatic rings. The largest absolute Gasteiger partial charge is 0.508 e. The summed E-state index contributed by atoms with van der Waals surface area (Å²) in [4.78, 5) is 12.1. The minimum Gasteiger partial charge on any atom is -0.508 e. The standard InChI is InChI=1S/C19H15BrN2O2/c20-18-9-8-14(16-6-1-2-7-17(16)18)11-19(24)22-21-12-13-4-3-5-15(23)10-13/h1-10,12,23H,11H2,(H,22,24)/b21-12-. The van der Waals surface area contributed by atoms with Crippen molar-refractivity contribution < 1.29 is 9.90 Å². The van der Waals surface area contributed by atoms with Crippen LogP contribution < -0.4 is 5.43 Å². The summed E-state index contributed by atoms with van der Waals surface area (Å²) < 4.78 is 1.00. The van der Waals surface area contributed by atoms with E-state index in [1.54, 1.807) is 24.3 Å². The van der Waals surface area contributed by atoms with Crippen molar-refractivity contribution in [2.24, 2.45) is 5.10 Å². The van der Waals surface area contributed by atoms with Crippen molar-refractivity contribution in [1.82, 2.24) is 5.43 Å². The molecule has 1 amide bonds. The quantitative estimate of drug-likeness (QED) is 0.529. The molecule has 0 saturated heterocycles. The summed E-state index contributed by atoms with van der Waals surface area (Å²) >= 11 is 3.53. The molecular formula is C19H15BrN2O2. The van der Waals surface area contributed by atoms with Crippen LogP contribution >= 0.6 is 15.9 Å². The van der Waals surface area contributed by atoms with Crippen molar-refractivity contribution in [2.45, 2.75) is 6.42 Å². The highest BCUT2D eigenvalue weighted by atomic mass is 79.9. The normalized spacial score (nSPS) is 11.0. The Labute approximate surface area is 148 Å². The number of benzene rings is 3. The first kappa shape index (κ1) is 16.2. The third-order valence-corrected chi connectivity index (χ3v) is 4.28. The Morgan fingerprint density at radius 3 is 2.67 bits per heavy atom. The van der Waals surface area contributed by atoms with Crippen LogP contribution in [0, 0.1) is 0 Å². The summed E-state index contributed by atoms with van der Waals surface area (Å²) in [6, 6.07) is 18.5. The first-order valence-electron chi connectivity index (χ1n) is 7.40. The summed E-state index contributed by atoms with van der Waals surface area (Å²) in [5.74, 6) is -0.0366. The van der Waals surface area contributed by atoms with Crippen molar-refractivity contribution in [2.75, 3.05) is 0 Å². The summed E-state index contributed by atoms with van der Waals surface area (Å²) in [5, 5.41) is 15.4. The molecule has 2 N–H and O–H groups in total. The van der Waals surface area contributed by atoms with E-state index in [1.807, 2.05) is 36.4 Å². The van der Waals surface area contributed by atoms with Gasteiger partial charge in [0, 0.05) is 4.47 Å². The molecular weight excluding hydrogens is 368 g/mol. The SMILES string of the molecule is O=C(Cc1ccc(Br)c2ccccc12)N/N=C\c1cccc(O)c1. The Hall–Kier alpha value is -2.66. The van der Waals surface area contributed by atoms with Gasteiger partial charge in [0.15, 0.2) is 0 Å².